The van der Waals surface area contributed by atoms with Crippen molar-refractivity contribution in [1.82, 2.24) is 0 Å². The van der Waals surface area contributed by atoms with Crippen LogP contribution in [0.4, 0.5) is 0 Å². The second-order valence-corrected chi connectivity index (χ2v) is 1.50. The van der Waals surface area contributed by atoms with E-state index in [1.54, 1.807) is 0 Å². The molecule has 0 heterocycles. The number of azide groups is 1. The number of aliphatic hydroxyl groups is 1. The average Bonchev–Trinajstić information content (AvgIpc) is 2.00. The summed E-state index contributed by atoms with van der Waals surface area (Å²) in [6.45, 7) is 2.73. The zero-order valence-electron chi connectivity index (χ0n) is 5.73. The fraction of sp³-hybridized carbons (Fsp3) is 0.400. The summed E-state index contributed by atoms with van der Waals surface area (Å²) in [5, 5.41) is 11.1. The molecule has 0 saturated heterocycles. The highest BCUT2D eigenvalue weighted by Crippen LogP contribution is 1.95. The van der Waals surface area contributed by atoms with E-state index in [0.717, 1.165) is 0 Å². The maximum absolute atomic E-state index is 10.6. The van der Waals surface area contributed by atoms with Crippen LogP contribution in [0.3, 0.4) is 0 Å². The van der Waals surface area contributed by atoms with E-state index in [1.807, 2.05) is 0 Å². The third kappa shape index (κ3) is 3.96. The molecule has 0 bridgehead atoms. The van der Waals surface area contributed by atoms with Gasteiger partial charge in [-0.1, -0.05) is 11.7 Å². The van der Waals surface area contributed by atoms with Crippen LogP contribution >= 0.6 is 0 Å². The summed E-state index contributed by atoms with van der Waals surface area (Å²) in [4.78, 5) is 12.9. The van der Waals surface area contributed by atoms with Gasteiger partial charge in [0.2, 0.25) is 0 Å². The molecule has 0 spiro atoms. The van der Waals surface area contributed by atoms with E-state index >= 15 is 0 Å². The lowest BCUT2D eigenvalue weighted by Crippen LogP contribution is -2.08. The largest absolute Gasteiger partial charge is 0.460 e. The molecule has 0 radical (unpaired) electrons. The molecule has 0 saturated carbocycles. The van der Waals surface area contributed by atoms with Crippen LogP contribution in [0, 0.1) is 0 Å². The lowest BCUT2D eigenvalue weighted by molar-refractivity contribution is -0.140. The summed E-state index contributed by atoms with van der Waals surface area (Å²) in [7, 11) is 0. The molecule has 60 valence electrons. The number of aliphatic hydroxyl groups excluding tert-OH is 1. The number of carbonyl (C=O) groups excluding carboxylic acids is 1. The second kappa shape index (κ2) is 5.28. The van der Waals surface area contributed by atoms with Crippen molar-refractivity contribution in [2.24, 2.45) is 5.11 Å². The van der Waals surface area contributed by atoms with E-state index in [-0.39, 0.29) is 18.9 Å². The van der Waals surface area contributed by atoms with Gasteiger partial charge < -0.3 is 9.84 Å². The fourth-order valence-corrected chi connectivity index (χ4v) is 0.316. The minimum atomic E-state index is -0.822. The Labute approximate surface area is 62.7 Å². The van der Waals surface area contributed by atoms with Crippen molar-refractivity contribution in [2.45, 2.75) is 0 Å². The van der Waals surface area contributed by atoms with E-state index in [2.05, 4.69) is 21.3 Å². The summed E-state index contributed by atoms with van der Waals surface area (Å²) >= 11 is 0. The Kier molecular flexibility index (Phi) is 4.55. The van der Waals surface area contributed by atoms with Crippen LogP contribution in [-0.2, 0) is 9.53 Å². The first-order valence-electron chi connectivity index (χ1n) is 2.74. The minimum absolute atomic E-state index is 0.126. The van der Waals surface area contributed by atoms with Crippen molar-refractivity contribution in [3.8, 4) is 0 Å². The van der Waals surface area contributed by atoms with Crippen molar-refractivity contribution in [3.05, 3.63) is 22.7 Å². The average molecular weight is 157 g/mol. The van der Waals surface area contributed by atoms with Crippen LogP contribution in [-0.4, -0.2) is 24.3 Å². The molecule has 0 aromatic carbocycles. The summed E-state index contributed by atoms with van der Waals surface area (Å²) in [5.74, 6) is -0.822. The fourth-order valence-electron chi connectivity index (χ4n) is 0.316. The van der Waals surface area contributed by atoms with E-state index in [0.29, 0.717) is 0 Å². The first-order valence-corrected chi connectivity index (χ1v) is 2.74. The van der Waals surface area contributed by atoms with Crippen molar-refractivity contribution >= 4 is 5.97 Å². The molecule has 0 amide bonds. The minimum Gasteiger partial charge on any atom is -0.460 e. The van der Waals surface area contributed by atoms with E-state index < -0.39 is 5.97 Å². The van der Waals surface area contributed by atoms with Crippen molar-refractivity contribution in [1.29, 1.82) is 0 Å². The van der Waals surface area contributed by atoms with Gasteiger partial charge in [-0.05, 0) is 5.53 Å². The lowest BCUT2D eigenvalue weighted by atomic mass is 10.5. The molecular formula is C5H7N3O3. The van der Waals surface area contributed by atoms with Gasteiger partial charge in [-0.3, -0.25) is 0 Å². The maximum Gasteiger partial charge on any atom is 0.339 e. The SMILES string of the molecule is C=C(N=[N+]=[N-])C(=O)OCCO. The Bertz CT molecular complexity index is 207. The maximum atomic E-state index is 10.6. The summed E-state index contributed by atoms with van der Waals surface area (Å²) < 4.78 is 4.35. The van der Waals surface area contributed by atoms with Gasteiger partial charge >= 0.3 is 5.97 Å². The number of esters is 1. The molecule has 0 unspecified atom stereocenters. The van der Waals surface area contributed by atoms with E-state index in [1.165, 1.54) is 0 Å². The number of hydrogen-bond acceptors (Lipinski definition) is 4. The lowest BCUT2D eigenvalue weighted by Gasteiger charge is -1.99. The molecule has 0 aliphatic heterocycles. The van der Waals surface area contributed by atoms with Crippen molar-refractivity contribution < 1.29 is 14.6 Å². The number of carbonyl (C=O) groups is 1. The predicted octanol–water partition coefficient (Wildman–Crippen LogP) is 0.346. The Balaban J connectivity index is 3.83. The summed E-state index contributed by atoms with van der Waals surface area (Å²) in [6, 6.07) is 0. The van der Waals surface area contributed by atoms with Gasteiger partial charge in [0.1, 0.15) is 12.3 Å². The van der Waals surface area contributed by atoms with Gasteiger partial charge in [-0.25, -0.2) is 4.79 Å². The Morgan fingerprint density at radius 2 is 2.45 bits per heavy atom. The third-order valence-electron chi connectivity index (χ3n) is 0.726. The molecule has 0 atom stereocenters. The smallest absolute Gasteiger partial charge is 0.339 e. The van der Waals surface area contributed by atoms with Gasteiger partial charge in [0, 0.05) is 4.91 Å². The molecule has 6 nitrogen and oxygen atoms in total. The molecular weight excluding hydrogens is 150 g/mol. The molecule has 0 aromatic rings. The summed E-state index contributed by atoms with van der Waals surface area (Å²) in [6.07, 6.45) is 0. The number of nitrogens with zero attached hydrogens (tertiary/aromatic N) is 3. The number of hydrogen-bond donors (Lipinski definition) is 1. The molecule has 0 aliphatic carbocycles. The molecule has 0 aliphatic rings. The Morgan fingerprint density at radius 3 is 2.91 bits per heavy atom. The quantitative estimate of drug-likeness (QED) is 0.209. The number of rotatable bonds is 4. The highest BCUT2D eigenvalue weighted by atomic mass is 16.5. The second-order valence-electron chi connectivity index (χ2n) is 1.50. The molecule has 0 rings (SSSR count). The van der Waals surface area contributed by atoms with Crippen LogP contribution in [0.5, 0.6) is 0 Å². The number of ether oxygens (including phenoxy) is 1. The van der Waals surface area contributed by atoms with Crippen LogP contribution in [0.15, 0.2) is 17.4 Å². The molecule has 0 aromatic heterocycles. The zero-order valence-corrected chi connectivity index (χ0v) is 5.73. The van der Waals surface area contributed by atoms with Crippen LogP contribution in [0.2, 0.25) is 0 Å². The van der Waals surface area contributed by atoms with Gasteiger partial charge in [-0.15, -0.1) is 0 Å². The van der Waals surface area contributed by atoms with Gasteiger partial charge in [0.15, 0.2) is 0 Å². The summed E-state index contributed by atoms with van der Waals surface area (Å²) in [5.41, 5.74) is 7.53. The first-order chi connectivity index (χ1) is 5.22. The molecule has 6 heteroatoms. The highest BCUT2D eigenvalue weighted by molar-refractivity contribution is 5.87. The van der Waals surface area contributed by atoms with Gasteiger partial charge in [0.05, 0.1) is 6.61 Å². The molecule has 11 heavy (non-hydrogen) atoms. The van der Waals surface area contributed by atoms with Crippen molar-refractivity contribution in [3.63, 3.8) is 0 Å². The Morgan fingerprint density at radius 1 is 1.82 bits per heavy atom. The molecule has 1 N–H and O–H groups in total. The van der Waals surface area contributed by atoms with E-state index in [9.17, 15) is 4.79 Å². The molecule has 0 fully saturated rings. The topological polar surface area (TPSA) is 95.3 Å². The monoisotopic (exact) mass is 157 g/mol. The van der Waals surface area contributed by atoms with Gasteiger partial charge in [-0.2, -0.15) is 0 Å². The highest BCUT2D eigenvalue weighted by Gasteiger charge is 2.04. The third-order valence-corrected chi connectivity index (χ3v) is 0.726. The van der Waals surface area contributed by atoms with Gasteiger partial charge in [0.25, 0.3) is 0 Å². The zero-order chi connectivity index (χ0) is 8.69. The Hall–Kier alpha value is -1.52. The standard InChI is InChI=1S/C5H7N3O3/c1-4(7-8-6)5(10)11-3-2-9/h9H,1-3H2. The van der Waals surface area contributed by atoms with Crippen molar-refractivity contribution in [2.75, 3.05) is 13.2 Å². The van der Waals surface area contributed by atoms with Crippen LogP contribution in [0.25, 0.3) is 10.4 Å². The van der Waals surface area contributed by atoms with E-state index in [4.69, 9.17) is 10.6 Å². The first kappa shape index (κ1) is 9.48. The normalized spacial score (nSPS) is 8.09. The van der Waals surface area contributed by atoms with Crippen LogP contribution in [0.1, 0.15) is 0 Å². The van der Waals surface area contributed by atoms with Crippen LogP contribution < -0.4 is 0 Å². The predicted molar refractivity (Wildman–Crippen MR) is 36.3 cm³/mol.